The zero-order chi connectivity index (χ0) is 24.6. The first-order valence-electron chi connectivity index (χ1n) is 12.1. The summed E-state index contributed by atoms with van der Waals surface area (Å²) in [6.07, 6.45) is 8.79. The van der Waals surface area contributed by atoms with Crippen molar-refractivity contribution in [1.29, 1.82) is 0 Å². The van der Waals surface area contributed by atoms with Crippen molar-refractivity contribution in [1.82, 2.24) is 19.8 Å². The van der Waals surface area contributed by atoms with Crippen LogP contribution in [0, 0.1) is 5.82 Å². The molecule has 0 spiro atoms. The number of hydrogen-bond donors (Lipinski definition) is 1. The lowest BCUT2D eigenvalue weighted by molar-refractivity contribution is -0.115. The molecule has 8 heteroatoms. The molecule has 35 heavy (non-hydrogen) atoms. The molecule has 5 nitrogen and oxygen atoms in total. The lowest BCUT2D eigenvalue weighted by atomic mass is 9.89. The van der Waals surface area contributed by atoms with Crippen molar-refractivity contribution in [3.63, 3.8) is 0 Å². The van der Waals surface area contributed by atoms with Crippen molar-refractivity contribution in [2.24, 2.45) is 0 Å². The van der Waals surface area contributed by atoms with Gasteiger partial charge in [-0.3, -0.25) is 4.90 Å². The minimum Gasteiger partial charge on any atom is -0.323 e. The molecule has 1 N–H and O–H groups in total. The van der Waals surface area contributed by atoms with Crippen LogP contribution in [0.4, 0.5) is 4.39 Å². The number of benzene rings is 2. The summed E-state index contributed by atoms with van der Waals surface area (Å²) in [5, 5.41) is 4.57. The molecule has 0 radical (unpaired) electrons. The van der Waals surface area contributed by atoms with Crippen molar-refractivity contribution in [3.05, 3.63) is 69.7 Å². The quantitative estimate of drug-likeness (QED) is 0.416. The van der Waals surface area contributed by atoms with E-state index in [2.05, 4.69) is 21.3 Å². The van der Waals surface area contributed by atoms with Crippen LogP contribution in [0.15, 0.2) is 42.7 Å². The van der Waals surface area contributed by atoms with Crippen LogP contribution in [0.25, 0.3) is 16.6 Å². The van der Waals surface area contributed by atoms with E-state index in [9.17, 15) is 4.79 Å². The highest BCUT2D eigenvalue weighted by atomic mass is 35.5. The van der Waals surface area contributed by atoms with Crippen LogP contribution in [0.3, 0.4) is 0 Å². The molecule has 2 aromatic carbocycles. The lowest BCUT2D eigenvalue weighted by Crippen LogP contribution is -2.57. The van der Waals surface area contributed by atoms with Crippen LogP contribution in [0.5, 0.6) is 0 Å². The Morgan fingerprint density at radius 1 is 1.26 bits per heavy atom. The summed E-state index contributed by atoms with van der Waals surface area (Å²) in [4.78, 5) is 18.5. The molecule has 0 amide bonds. The molecular formula is C27H29Cl2FN4O. The fraction of sp³-hybridized carbons (Fsp3) is 0.407. The molecular weight excluding hydrogens is 486 g/mol. The Bertz CT molecular complexity index is 1280. The fourth-order valence-electron chi connectivity index (χ4n) is 5.36. The Morgan fingerprint density at radius 3 is 2.80 bits per heavy atom. The van der Waals surface area contributed by atoms with Crippen molar-refractivity contribution < 1.29 is 9.18 Å². The van der Waals surface area contributed by atoms with Gasteiger partial charge in [0.05, 0.1) is 23.4 Å². The van der Waals surface area contributed by atoms with E-state index < -0.39 is 5.54 Å². The Labute approximate surface area is 214 Å². The molecule has 3 aromatic rings. The Hall–Kier alpha value is -2.25. The predicted molar refractivity (Wildman–Crippen MR) is 140 cm³/mol. The van der Waals surface area contributed by atoms with E-state index in [1.165, 1.54) is 0 Å². The maximum atomic E-state index is 15.1. The molecule has 2 aliphatic heterocycles. The molecule has 0 aliphatic carbocycles. The van der Waals surface area contributed by atoms with Crippen molar-refractivity contribution in [3.8, 4) is 0 Å². The van der Waals surface area contributed by atoms with Crippen molar-refractivity contribution in [2.45, 2.75) is 44.2 Å². The molecule has 3 heterocycles. The zero-order valence-electron chi connectivity index (χ0n) is 19.7. The summed E-state index contributed by atoms with van der Waals surface area (Å²) in [6.45, 7) is 5.18. The van der Waals surface area contributed by atoms with Gasteiger partial charge in [-0.15, -0.1) is 0 Å². The third kappa shape index (κ3) is 4.90. The zero-order valence-corrected chi connectivity index (χ0v) is 21.2. The minimum absolute atomic E-state index is 0.141. The van der Waals surface area contributed by atoms with Gasteiger partial charge >= 0.3 is 0 Å². The average Bonchev–Trinajstić information content (AvgIpc) is 3.29. The maximum absolute atomic E-state index is 15.1. The molecule has 1 saturated heterocycles. The van der Waals surface area contributed by atoms with E-state index in [0.29, 0.717) is 22.1 Å². The molecule has 5 rings (SSSR count). The molecule has 1 aromatic heterocycles. The summed E-state index contributed by atoms with van der Waals surface area (Å²) < 4.78 is 17.0. The number of carbonyl (C=O) groups is 1. The Balaban J connectivity index is 1.40. The monoisotopic (exact) mass is 514 g/mol. The predicted octanol–water partition coefficient (Wildman–Crippen LogP) is 5.89. The highest BCUT2D eigenvalue weighted by Gasteiger charge is 2.33. The molecule has 2 atom stereocenters. The molecule has 0 saturated carbocycles. The van der Waals surface area contributed by atoms with Gasteiger partial charge in [-0.05, 0) is 80.1 Å². The lowest BCUT2D eigenvalue weighted by Gasteiger charge is -2.39. The van der Waals surface area contributed by atoms with Gasteiger partial charge in [0.2, 0.25) is 0 Å². The fourth-order valence-corrected chi connectivity index (χ4v) is 5.92. The van der Waals surface area contributed by atoms with Gasteiger partial charge in [0.15, 0.2) is 5.82 Å². The van der Waals surface area contributed by atoms with Crippen LogP contribution in [0.1, 0.15) is 49.8 Å². The van der Waals surface area contributed by atoms with Crippen molar-refractivity contribution in [2.75, 3.05) is 26.2 Å². The normalized spacial score (nSPS) is 22.2. The standard InChI is InChI=1S/C27H29Cl2FN4O/c1-18(22-5-4-21(28)14-23(22)29)34-17-31-26-24(30)12-20(13-25(26)34)19-6-10-33(11-7-19)15-27(16-35)8-2-3-9-32-27/h4-6,12-14,16-18,32H,2-3,7-11,15H2,1H3/t18-,27?/m1/s1. The molecule has 0 bridgehead atoms. The van der Waals surface area contributed by atoms with E-state index >= 15 is 4.39 Å². The number of halogens is 3. The minimum atomic E-state index is -0.444. The average molecular weight is 515 g/mol. The van der Waals surface area contributed by atoms with E-state index in [4.69, 9.17) is 23.2 Å². The number of nitrogens with one attached hydrogen (secondary N) is 1. The van der Waals surface area contributed by atoms with E-state index in [1.54, 1.807) is 24.5 Å². The number of hydrogen-bond acceptors (Lipinski definition) is 4. The summed E-state index contributed by atoms with van der Waals surface area (Å²) >= 11 is 12.5. The molecule has 184 valence electrons. The number of carbonyl (C=O) groups excluding carboxylic acids is 1. The molecule has 2 aliphatic rings. The van der Waals surface area contributed by atoms with Crippen molar-refractivity contribution >= 4 is 46.1 Å². The number of rotatable bonds is 6. The highest BCUT2D eigenvalue weighted by molar-refractivity contribution is 6.35. The third-order valence-corrected chi connectivity index (χ3v) is 7.95. The van der Waals surface area contributed by atoms with Gasteiger partial charge in [-0.25, -0.2) is 9.37 Å². The van der Waals surface area contributed by atoms with Crippen LogP contribution in [-0.4, -0.2) is 52.5 Å². The smallest absolute Gasteiger partial charge is 0.151 e. The second-order valence-electron chi connectivity index (χ2n) is 9.69. The number of nitrogens with zero attached hydrogens (tertiary/aromatic N) is 3. The highest BCUT2D eigenvalue weighted by Crippen LogP contribution is 2.33. The summed E-state index contributed by atoms with van der Waals surface area (Å²) in [5.74, 6) is -0.333. The summed E-state index contributed by atoms with van der Waals surface area (Å²) in [5.41, 5.74) is 3.51. The maximum Gasteiger partial charge on any atom is 0.151 e. The van der Waals surface area contributed by atoms with Gasteiger partial charge < -0.3 is 14.7 Å². The second-order valence-corrected chi connectivity index (χ2v) is 10.5. The van der Waals surface area contributed by atoms with E-state index in [-0.39, 0.29) is 11.9 Å². The van der Waals surface area contributed by atoms with Gasteiger partial charge in [0.1, 0.15) is 11.8 Å². The van der Waals surface area contributed by atoms with Crippen LogP contribution in [0.2, 0.25) is 10.0 Å². The number of aldehydes is 1. The SMILES string of the molecule is C[C@H](c1ccc(Cl)cc1Cl)n1cnc2c(F)cc(C3=CCN(CC4(C=O)CCCCN4)CC3)cc21. The first-order chi connectivity index (χ1) is 16.9. The largest absolute Gasteiger partial charge is 0.323 e. The third-order valence-electron chi connectivity index (χ3n) is 7.38. The Morgan fingerprint density at radius 2 is 2.11 bits per heavy atom. The second kappa shape index (κ2) is 10.0. The van der Waals surface area contributed by atoms with Crippen LogP contribution >= 0.6 is 23.2 Å². The van der Waals surface area contributed by atoms with Gasteiger partial charge in [0, 0.05) is 29.7 Å². The van der Waals surface area contributed by atoms with Gasteiger partial charge in [-0.1, -0.05) is 35.3 Å². The van der Waals surface area contributed by atoms with E-state index in [1.807, 2.05) is 23.6 Å². The summed E-state index contributed by atoms with van der Waals surface area (Å²) in [7, 11) is 0. The van der Waals surface area contributed by atoms with E-state index in [0.717, 1.165) is 73.8 Å². The summed E-state index contributed by atoms with van der Waals surface area (Å²) in [6, 6.07) is 8.88. The Kier molecular flexibility index (Phi) is 6.99. The topological polar surface area (TPSA) is 50.2 Å². The number of aromatic nitrogens is 2. The molecule has 1 fully saturated rings. The first kappa shape index (κ1) is 24.4. The first-order valence-corrected chi connectivity index (χ1v) is 12.9. The molecule has 1 unspecified atom stereocenters. The number of fused-ring (bicyclic) bond motifs is 1. The number of imidazole rings is 1. The van der Waals surface area contributed by atoms with Gasteiger partial charge in [0.25, 0.3) is 0 Å². The van der Waals surface area contributed by atoms with Gasteiger partial charge in [-0.2, -0.15) is 0 Å². The number of piperidine rings is 1. The van der Waals surface area contributed by atoms with Crippen LogP contribution in [-0.2, 0) is 4.79 Å². The van der Waals surface area contributed by atoms with Crippen LogP contribution < -0.4 is 5.32 Å².